The summed E-state index contributed by atoms with van der Waals surface area (Å²) in [5, 5.41) is 0. The van der Waals surface area contributed by atoms with E-state index in [2.05, 4.69) is 32.0 Å². The normalized spacial score (nSPS) is 12.6. The molecule has 1 atom stereocenters. The Labute approximate surface area is 86.1 Å². The second-order valence-corrected chi connectivity index (χ2v) is 3.90. The van der Waals surface area contributed by atoms with Crippen LogP contribution in [0.1, 0.15) is 42.9 Å². The van der Waals surface area contributed by atoms with Crippen molar-refractivity contribution in [2.45, 2.75) is 40.0 Å². The largest absolute Gasteiger partial charge is 0.299 e. The summed E-state index contributed by atoms with van der Waals surface area (Å²) >= 11 is 0. The van der Waals surface area contributed by atoms with Gasteiger partial charge < -0.3 is 0 Å². The van der Waals surface area contributed by atoms with Crippen LogP contribution >= 0.6 is 0 Å². The smallest absolute Gasteiger partial charge is 0.139 e. The molecule has 1 nitrogen and oxygen atoms in total. The van der Waals surface area contributed by atoms with Crippen LogP contribution in [0.2, 0.25) is 0 Å². The third-order valence-electron chi connectivity index (χ3n) is 2.72. The third kappa shape index (κ3) is 2.22. The van der Waals surface area contributed by atoms with Crippen molar-refractivity contribution in [3.05, 3.63) is 34.9 Å². The fourth-order valence-electron chi connectivity index (χ4n) is 1.79. The minimum Gasteiger partial charge on any atom is -0.299 e. The number of rotatable bonds is 3. The molecule has 14 heavy (non-hydrogen) atoms. The Morgan fingerprint density at radius 2 is 2.00 bits per heavy atom. The number of carbonyl (C=O) groups is 1. The predicted molar refractivity (Wildman–Crippen MR) is 59.6 cm³/mol. The zero-order valence-corrected chi connectivity index (χ0v) is 9.42. The number of carbonyl (C=O) groups excluding carboxylic acids is 1. The zero-order valence-electron chi connectivity index (χ0n) is 9.42. The topological polar surface area (TPSA) is 17.1 Å². The van der Waals surface area contributed by atoms with Crippen LogP contribution in [0.25, 0.3) is 0 Å². The lowest BCUT2D eigenvalue weighted by Gasteiger charge is -2.13. The highest BCUT2D eigenvalue weighted by Gasteiger charge is 2.14. The molecule has 0 aromatic heterocycles. The fourth-order valence-corrected chi connectivity index (χ4v) is 1.79. The van der Waals surface area contributed by atoms with Gasteiger partial charge in [0.15, 0.2) is 0 Å². The Balaban J connectivity index is 3.01. The highest BCUT2D eigenvalue weighted by molar-refractivity contribution is 5.85. The van der Waals surface area contributed by atoms with Crippen LogP contribution in [0.15, 0.2) is 18.2 Å². The maximum Gasteiger partial charge on any atom is 0.139 e. The van der Waals surface area contributed by atoms with Crippen LogP contribution < -0.4 is 0 Å². The van der Waals surface area contributed by atoms with Crippen molar-refractivity contribution in [2.24, 2.45) is 0 Å². The zero-order chi connectivity index (χ0) is 10.7. The monoisotopic (exact) mass is 190 g/mol. The third-order valence-corrected chi connectivity index (χ3v) is 2.72. The Kier molecular flexibility index (Phi) is 3.45. The molecule has 0 N–H and O–H groups in total. The summed E-state index contributed by atoms with van der Waals surface area (Å²) in [4.78, 5) is 11.5. The minimum atomic E-state index is 0.0422. The Hall–Kier alpha value is -1.11. The lowest BCUT2D eigenvalue weighted by atomic mass is 9.91. The molecule has 1 aromatic carbocycles. The van der Waals surface area contributed by atoms with Gasteiger partial charge in [-0.05, 0) is 25.0 Å². The highest BCUT2D eigenvalue weighted by Crippen LogP contribution is 2.22. The number of hydrogen-bond acceptors (Lipinski definition) is 1. The summed E-state index contributed by atoms with van der Waals surface area (Å²) < 4.78 is 0. The summed E-state index contributed by atoms with van der Waals surface area (Å²) in [7, 11) is 0. The van der Waals surface area contributed by atoms with E-state index in [-0.39, 0.29) is 5.92 Å². The van der Waals surface area contributed by atoms with Crippen LogP contribution in [0, 0.1) is 13.8 Å². The van der Waals surface area contributed by atoms with Crippen molar-refractivity contribution < 1.29 is 4.79 Å². The number of hydrogen-bond donors (Lipinski definition) is 0. The summed E-state index contributed by atoms with van der Waals surface area (Å²) in [5.74, 6) is 0.359. The van der Waals surface area contributed by atoms with E-state index in [4.69, 9.17) is 0 Å². The quantitative estimate of drug-likeness (QED) is 0.714. The van der Waals surface area contributed by atoms with Gasteiger partial charge >= 0.3 is 0 Å². The molecule has 1 heteroatoms. The predicted octanol–water partition coefficient (Wildman–Crippen LogP) is 3.39. The van der Waals surface area contributed by atoms with Crippen molar-refractivity contribution in [3.63, 3.8) is 0 Å². The van der Waals surface area contributed by atoms with Gasteiger partial charge in [-0.1, -0.05) is 37.6 Å². The Morgan fingerprint density at radius 1 is 1.36 bits per heavy atom. The van der Waals surface area contributed by atoms with E-state index in [1.165, 1.54) is 16.7 Å². The molecular weight excluding hydrogens is 172 g/mol. The van der Waals surface area contributed by atoms with Gasteiger partial charge in [0.25, 0.3) is 0 Å². The summed E-state index contributed by atoms with van der Waals surface area (Å²) in [6.07, 6.45) is 0.620. The average Bonchev–Trinajstić information content (AvgIpc) is 2.15. The molecule has 1 unspecified atom stereocenters. The van der Waals surface area contributed by atoms with E-state index in [1.54, 1.807) is 0 Å². The minimum absolute atomic E-state index is 0.0422. The summed E-state index contributed by atoms with van der Waals surface area (Å²) in [6.45, 7) is 8.05. The number of ketones is 1. The standard InChI is InChI=1S/C13H18O/c1-5-13(14)11(4)12-7-6-9(2)8-10(12)3/h6-8,11H,5H2,1-4H3. The van der Waals surface area contributed by atoms with Crippen molar-refractivity contribution in [2.75, 3.05) is 0 Å². The van der Waals surface area contributed by atoms with Gasteiger partial charge in [0.1, 0.15) is 5.78 Å². The van der Waals surface area contributed by atoms with Crippen molar-refractivity contribution in [1.82, 2.24) is 0 Å². The van der Waals surface area contributed by atoms with Gasteiger partial charge in [-0.2, -0.15) is 0 Å². The molecule has 1 aromatic rings. The first-order valence-corrected chi connectivity index (χ1v) is 5.16. The van der Waals surface area contributed by atoms with Gasteiger partial charge in [-0.3, -0.25) is 4.79 Å². The second-order valence-electron chi connectivity index (χ2n) is 3.90. The first-order chi connectivity index (χ1) is 6.56. The fraction of sp³-hybridized carbons (Fsp3) is 0.462. The first kappa shape index (κ1) is 11.0. The van der Waals surface area contributed by atoms with Crippen LogP contribution in [0.3, 0.4) is 0 Å². The van der Waals surface area contributed by atoms with Crippen molar-refractivity contribution >= 4 is 5.78 Å². The van der Waals surface area contributed by atoms with Crippen LogP contribution in [-0.2, 0) is 4.79 Å². The lowest BCUT2D eigenvalue weighted by Crippen LogP contribution is -2.08. The number of Topliss-reactive ketones (excluding diaryl/α,β-unsaturated/α-hetero) is 1. The van der Waals surface area contributed by atoms with Gasteiger partial charge in [0.05, 0.1) is 0 Å². The van der Waals surface area contributed by atoms with Gasteiger partial charge in [-0.25, -0.2) is 0 Å². The highest BCUT2D eigenvalue weighted by atomic mass is 16.1. The van der Waals surface area contributed by atoms with Gasteiger partial charge in [-0.15, -0.1) is 0 Å². The van der Waals surface area contributed by atoms with Gasteiger partial charge in [0, 0.05) is 12.3 Å². The molecule has 0 amide bonds. The van der Waals surface area contributed by atoms with Crippen LogP contribution in [0.5, 0.6) is 0 Å². The molecule has 0 spiro atoms. The summed E-state index contributed by atoms with van der Waals surface area (Å²) in [5.41, 5.74) is 3.64. The van der Waals surface area contributed by atoms with E-state index < -0.39 is 0 Å². The molecule has 1 rings (SSSR count). The van der Waals surface area contributed by atoms with E-state index in [0.29, 0.717) is 12.2 Å². The Morgan fingerprint density at radius 3 is 2.50 bits per heavy atom. The van der Waals surface area contributed by atoms with E-state index in [9.17, 15) is 4.79 Å². The van der Waals surface area contributed by atoms with Crippen LogP contribution in [-0.4, -0.2) is 5.78 Å². The first-order valence-electron chi connectivity index (χ1n) is 5.16. The SMILES string of the molecule is CCC(=O)C(C)c1ccc(C)cc1C. The molecule has 0 saturated carbocycles. The lowest BCUT2D eigenvalue weighted by molar-refractivity contribution is -0.119. The maximum absolute atomic E-state index is 11.5. The maximum atomic E-state index is 11.5. The number of benzene rings is 1. The molecule has 0 aliphatic rings. The Bertz CT molecular complexity index is 339. The molecule has 0 aliphatic heterocycles. The van der Waals surface area contributed by atoms with Crippen molar-refractivity contribution in [3.8, 4) is 0 Å². The average molecular weight is 190 g/mol. The molecule has 76 valence electrons. The van der Waals surface area contributed by atoms with Crippen molar-refractivity contribution in [1.29, 1.82) is 0 Å². The molecular formula is C13H18O. The molecule has 0 heterocycles. The molecule has 0 radical (unpaired) electrons. The number of aryl methyl sites for hydroxylation is 2. The van der Waals surface area contributed by atoms with E-state index in [1.807, 2.05) is 13.8 Å². The van der Waals surface area contributed by atoms with E-state index >= 15 is 0 Å². The molecule has 0 saturated heterocycles. The summed E-state index contributed by atoms with van der Waals surface area (Å²) in [6, 6.07) is 6.28. The van der Waals surface area contributed by atoms with Gasteiger partial charge in [0.2, 0.25) is 0 Å². The molecule has 0 bridgehead atoms. The van der Waals surface area contributed by atoms with Crippen LogP contribution in [0.4, 0.5) is 0 Å². The van der Waals surface area contributed by atoms with E-state index in [0.717, 1.165) is 0 Å². The molecule has 0 aliphatic carbocycles. The second kappa shape index (κ2) is 4.41. The molecule has 0 fully saturated rings.